The second-order valence-corrected chi connectivity index (χ2v) is 9.09. The largest absolute Gasteiger partial charge is 0.476 e. The van der Waals surface area contributed by atoms with Crippen LogP contribution in [-0.4, -0.2) is 60.0 Å². The van der Waals surface area contributed by atoms with Crippen molar-refractivity contribution in [3.8, 4) is 0 Å². The molecule has 0 spiro atoms. The summed E-state index contributed by atoms with van der Waals surface area (Å²) in [5.74, 6) is -1.28. The lowest BCUT2D eigenvalue weighted by Gasteiger charge is -2.28. The zero-order chi connectivity index (χ0) is 27.6. The number of fused-ring (bicyclic) bond motifs is 2. The number of carbonyl (C=O) groups excluding carboxylic acids is 1. The van der Waals surface area contributed by atoms with Gasteiger partial charge in [-0.2, -0.15) is 0 Å². The van der Waals surface area contributed by atoms with E-state index in [1.165, 1.54) is 36.4 Å². The number of aromatic nitrogens is 6. The molecule has 1 amide bonds. The maximum absolute atomic E-state index is 12.4. The summed E-state index contributed by atoms with van der Waals surface area (Å²) in [5.41, 5.74) is 4.42. The van der Waals surface area contributed by atoms with Gasteiger partial charge in [-0.3, -0.25) is 14.8 Å². The Morgan fingerprint density at radius 2 is 1.44 bits per heavy atom. The fourth-order valence-electron chi connectivity index (χ4n) is 3.86. The minimum atomic E-state index is -1.11. The Morgan fingerprint density at radius 3 is 2.08 bits per heavy atom. The summed E-state index contributed by atoms with van der Waals surface area (Å²) in [6.07, 6.45) is 12.8. The fourth-order valence-corrected chi connectivity index (χ4v) is 4.06. The van der Waals surface area contributed by atoms with Gasteiger partial charge in [0.05, 0.1) is 47.6 Å². The molecule has 0 radical (unpaired) electrons. The average molecular weight is 567 g/mol. The number of pyridine rings is 2. The summed E-state index contributed by atoms with van der Waals surface area (Å²) >= 11 is 11.0. The van der Waals surface area contributed by atoms with Crippen LogP contribution in [-0.2, 0) is 12.8 Å². The van der Waals surface area contributed by atoms with Crippen molar-refractivity contribution in [1.82, 2.24) is 29.9 Å². The van der Waals surface area contributed by atoms with Crippen LogP contribution in [0.25, 0.3) is 0 Å². The number of hydrogen-bond acceptors (Lipinski definition) is 9. The van der Waals surface area contributed by atoms with Crippen LogP contribution in [0.15, 0.2) is 61.4 Å². The van der Waals surface area contributed by atoms with Crippen molar-refractivity contribution in [3.63, 3.8) is 0 Å². The molecule has 2 aliphatic rings. The van der Waals surface area contributed by atoms with E-state index in [4.69, 9.17) is 28.3 Å². The van der Waals surface area contributed by atoms with Gasteiger partial charge >= 0.3 is 5.97 Å². The molecule has 11 nitrogen and oxygen atoms in total. The molecular formula is C26H24Cl2N8O3. The molecule has 6 rings (SSSR count). The quantitative estimate of drug-likeness (QED) is 0.358. The van der Waals surface area contributed by atoms with Gasteiger partial charge in [0.15, 0.2) is 5.69 Å². The molecule has 2 N–H and O–H groups in total. The Hall–Kier alpha value is -4.22. The van der Waals surface area contributed by atoms with Crippen LogP contribution in [0.4, 0.5) is 11.4 Å². The predicted molar refractivity (Wildman–Crippen MR) is 146 cm³/mol. The second kappa shape index (κ2) is 13.5. The first kappa shape index (κ1) is 27.8. The highest BCUT2D eigenvalue weighted by Gasteiger charge is 2.25. The van der Waals surface area contributed by atoms with Crippen LogP contribution in [0.1, 0.15) is 45.2 Å². The maximum atomic E-state index is 12.4. The number of anilines is 2. The molecule has 0 unspecified atom stereocenters. The summed E-state index contributed by atoms with van der Waals surface area (Å²) < 4.78 is 0. The second-order valence-electron chi connectivity index (χ2n) is 8.31. The van der Waals surface area contributed by atoms with Crippen LogP contribution < -0.4 is 10.2 Å². The maximum Gasteiger partial charge on any atom is 0.356 e. The third kappa shape index (κ3) is 7.65. The van der Waals surface area contributed by atoms with E-state index >= 15 is 0 Å². The number of nitrogens with zero attached hydrogens (tertiary/aromatic N) is 7. The molecule has 4 aromatic heterocycles. The highest BCUT2D eigenvalue weighted by atomic mass is 35.5. The monoisotopic (exact) mass is 566 g/mol. The number of aromatic carboxylic acids is 1. The summed E-state index contributed by atoms with van der Waals surface area (Å²) in [4.78, 5) is 47.8. The van der Waals surface area contributed by atoms with E-state index in [2.05, 4.69) is 41.3 Å². The number of nitrogens with one attached hydrogen (secondary N) is 1. The van der Waals surface area contributed by atoms with Gasteiger partial charge in [0.2, 0.25) is 0 Å². The molecule has 4 aromatic rings. The van der Waals surface area contributed by atoms with Gasteiger partial charge < -0.3 is 15.3 Å². The normalized spacial score (nSPS) is 13.2. The summed E-state index contributed by atoms with van der Waals surface area (Å²) in [5, 5.41) is 12.1. The lowest BCUT2D eigenvalue weighted by molar-refractivity contribution is 0.0689. The van der Waals surface area contributed by atoms with Crippen molar-refractivity contribution >= 4 is 46.5 Å². The molecule has 0 aliphatic carbocycles. The van der Waals surface area contributed by atoms with Crippen molar-refractivity contribution < 1.29 is 14.7 Å². The van der Waals surface area contributed by atoms with Crippen LogP contribution in [0.3, 0.4) is 0 Å². The minimum Gasteiger partial charge on any atom is -0.476 e. The molecule has 0 saturated carbocycles. The summed E-state index contributed by atoms with van der Waals surface area (Å²) in [6.45, 7) is 1.76. The van der Waals surface area contributed by atoms with Crippen molar-refractivity contribution in [2.75, 3.05) is 23.3 Å². The third-order valence-electron chi connectivity index (χ3n) is 5.67. The fraction of sp³-hybridized carbons (Fsp3) is 0.231. The molecule has 0 saturated heterocycles. The van der Waals surface area contributed by atoms with Crippen molar-refractivity contribution in [3.05, 3.63) is 94.5 Å². The Bertz CT molecular complexity index is 1400. The van der Waals surface area contributed by atoms with Crippen molar-refractivity contribution in [2.24, 2.45) is 0 Å². The smallest absolute Gasteiger partial charge is 0.356 e. The first-order chi connectivity index (χ1) is 18.9. The van der Waals surface area contributed by atoms with Crippen molar-refractivity contribution in [2.45, 2.75) is 25.7 Å². The Kier molecular flexibility index (Phi) is 9.65. The number of aryl methyl sites for hydroxylation is 2. The van der Waals surface area contributed by atoms with Gasteiger partial charge in [0.25, 0.3) is 5.91 Å². The number of hydrogen-bond donors (Lipinski definition) is 2. The van der Waals surface area contributed by atoms with Gasteiger partial charge in [-0.25, -0.2) is 24.7 Å². The standard InChI is InChI=1S/C13H11ClN4O.C8H10N2.C5H3ClN2O2/c14-12-8-16-10(7-17-12)13(19)18-6-2-3-9-11(18)4-1-5-15-9;1-3-7-8(9-5-1)4-2-6-10-7;6-4-2-7-3(1-8-4)5(9)10/h1,4-5,7-8H,2-3,6H2;1,3,5,10H,2,4,6H2;1-2H,(H,9,10). The lowest BCUT2D eigenvalue weighted by Crippen LogP contribution is -2.36. The number of amides is 1. The third-order valence-corrected chi connectivity index (χ3v) is 6.06. The Labute approximate surface area is 234 Å². The van der Waals surface area contributed by atoms with Gasteiger partial charge in [0.1, 0.15) is 16.0 Å². The van der Waals surface area contributed by atoms with E-state index in [1.54, 1.807) is 11.1 Å². The SMILES string of the molecule is O=C(O)c1cnc(Cl)cn1.O=C(c1cnc(Cl)cn1)N1CCCc2ncccc21.c1cnc2c(c1)NCCC2. The molecule has 13 heteroatoms. The Balaban J connectivity index is 0.000000149. The van der Waals surface area contributed by atoms with Crippen LogP contribution in [0.5, 0.6) is 0 Å². The topological polar surface area (TPSA) is 147 Å². The number of carboxylic acids is 1. The zero-order valence-corrected chi connectivity index (χ0v) is 22.2. The minimum absolute atomic E-state index is 0.107. The van der Waals surface area contributed by atoms with Crippen LogP contribution in [0.2, 0.25) is 10.3 Å². The average Bonchev–Trinajstić information content (AvgIpc) is 2.98. The lowest BCUT2D eigenvalue weighted by atomic mass is 10.1. The number of carboxylic acid groups (broad SMARTS) is 1. The molecule has 200 valence electrons. The summed E-state index contributed by atoms with van der Waals surface area (Å²) in [7, 11) is 0. The molecule has 39 heavy (non-hydrogen) atoms. The predicted octanol–water partition coefficient (Wildman–Crippen LogP) is 4.39. The van der Waals surface area contributed by atoms with Crippen LogP contribution in [0, 0.1) is 0 Å². The number of rotatable bonds is 2. The van der Waals surface area contributed by atoms with Gasteiger partial charge in [-0.05, 0) is 49.9 Å². The van der Waals surface area contributed by atoms with E-state index in [1.807, 2.05) is 24.4 Å². The molecular weight excluding hydrogens is 543 g/mol. The zero-order valence-electron chi connectivity index (χ0n) is 20.7. The van der Waals surface area contributed by atoms with Gasteiger partial charge in [-0.15, -0.1) is 0 Å². The number of halogens is 2. The van der Waals surface area contributed by atoms with Gasteiger partial charge in [-0.1, -0.05) is 23.2 Å². The van der Waals surface area contributed by atoms with E-state index in [-0.39, 0.29) is 21.9 Å². The first-order valence-electron chi connectivity index (χ1n) is 12.0. The molecule has 0 aromatic carbocycles. The van der Waals surface area contributed by atoms with Crippen LogP contribution >= 0.6 is 23.2 Å². The van der Waals surface area contributed by atoms with E-state index in [0.717, 1.165) is 43.4 Å². The number of carbonyl (C=O) groups is 2. The van der Waals surface area contributed by atoms with E-state index in [0.29, 0.717) is 12.2 Å². The van der Waals surface area contributed by atoms with Crippen molar-refractivity contribution in [1.29, 1.82) is 0 Å². The summed E-state index contributed by atoms with van der Waals surface area (Å²) in [6, 6.07) is 7.79. The first-order valence-corrected chi connectivity index (χ1v) is 12.8. The molecule has 2 aliphatic heterocycles. The Morgan fingerprint density at radius 1 is 0.795 bits per heavy atom. The van der Waals surface area contributed by atoms with E-state index < -0.39 is 5.97 Å². The van der Waals surface area contributed by atoms with Gasteiger partial charge in [0, 0.05) is 25.5 Å². The molecule has 0 fully saturated rings. The highest BCUT2D eigenvalue weighted by molar-refractivity contribution is 6.29. The molecule has 6 heterocycles. The molecule has 0 atom stereocenters. The molecule has 0 bridgehead atoms. The highest BCUT2D eigenvalue weighted by Crippen LogP contribution is 2.26. The van der Waals surface area contributed by atoms with E-state index in [9.17, 15) is 9.59 Å².